The normalized spacial score (nSPS) is 29.2. The van der Waals surface area contributed by atoms with E-state index in [-0.39, 0.29) is 71.6 Å². The van der Waals surface area contributed by atoms with Gasteiger partial charge in [0.1, 0.15) is 40.2 Å². The fourth-order valence-electron chi connectivity index (χ4n) is 28.1. The lowest BCUT2D eigenvalue weighted by atomic mass is 9.74. The number of carbonyl (C=O) groups excluding carboxylic acids is 3. The van der Waals surface area contributed by atoms with Gasteiger partial charge in [0, 0.05) is 152 Å². The molecule has 0 spiro atoms. The predicted molar refractivity (Wildman–Crippen MR) is 589 cm³/mol. The minimum Gasteiger partial charge on any atom is -0.463 e. The van der Waals surface area contributed by atoms with Gasteiger partial charge in [-0.05, 0) is 311 Å². The number of halogens is 3. The maximum atomic E-state index is 13.1. The summed E-state index contributed by atoms with van der Waals surface area (Å²) in [6.45, 7) is 12.3. The van der Waals surface area contributed by atoms with Crippen LogP contribution < -0.4 is 9.47 Å². The molecule has 12 unspecified atom stereocenters. The van der Waals surface area contributed by atoms with Gasteiger partial charge in [-0.2, -0.15) is 0 Å². The second kappa shape index (κ2) is 46.4. The van der Waals surface area contributed by atoms with E-state index in [0.717, 1.165) is 118 Å². The number of rotatable bonds is 17. The Morgan fingerprint density at radius 3 is 0.818 bits per heavy atom. The molecule has 0 aliphatic carbocycles. The highest BCUT2D eigenvalue weighted by molar-refractivity contribution is 6.31. The first-order valence-corrected chi connectivity index (χ1v) is 55.4. The van der Waals surface area contributed by atoms with Crippen LogP contribution in [0.15, 0.2) is 299 Å². The number of hydrogen-bond donors (Lipinski definition) is 0. The maximum Gasteiger partial charge on any atom is 0.316 e. The second-order valence-electron chi connectivity index (χ2n) is 44.7. The van der Waals surface area contributed by atoms with Crippen molar-refractivity contribution in [1.29, 1.82) is 0 Å². The summed E-state index contributed by atoms with van der Waals surface area (Å²) in [6, 6.07) is 103. The Hall–Kier alpha value is -11.1. The van der Waals surface area contributed by atoms with E-state index in [9.17, 15) is 14.4 Å². The van der Waals surface area contributed by atoms with Crippen molar-refractivity contribution in [1.82, 2.24) is 44.9 Å². The number of aromatic nitrogens is 3. The zero-order valence-electron chi connectivity index (χ0n) is 87.6. The summed E-state index contributed by atoms with van der Waals surface area (Å²) in [6.07, 6.45) is 20.9. The first kappa shape index (κ1) is 104. The van der Waals surface area contributed by atoms with Crippen LogP contribution in [0, 0.1) is 45.4 Å². The summed E-state index contributed by atoms with van der Waals surface area (Å²) in [5.41, 5.74) is 16.9. The molecule has 0 radical (unpaired) electrons. The SMILES string of the molecule is CC(C)OC(=O)C1C2CC[C@H](C[C@@H]1c1ccc(Cl)cc1)N2C.CN1C2CC[C@@H]1C[C@H](c1ccc(Cl)cc1)C2C(=O)Oc1ccccc1.CN1C2CC[C@@H]1C[C@H](c1ccc(Cl)cc1)C2c1cc(-c2ccccc2)no1.Cc1ccc([C@H]2C[C@H]3CCC(C2C(=O)Oc2ccccc2)N3C)cc1.Cc1ccc([C@H]2C[C@H]3CCC(C2c2cc(-c4ccccc4)no2)N3C)cc1.Cc1ccc([C@H]2C[C@H]3CCC(C2c2cc(C)no2)N3C)cc1. The number of benzene rings is 10. The molecule has 12 aliphatic rings. The monoisotopic (exact) mass is 2040 g/mol. The summed E-state index contributed by atoms with van der Waals surface area (Å²) >= 11 is 18.2. The van der Waals surface area contributed by atoms with E-state index in [0.29, 0.717) is 101 Å². The molecule has 25 rings (SSSR count). The van der Waals surface area contributed by atoms with Crippen molar-refractivity contribution in [2.45, 2.75) is 289 Å². The zero-order chi connectivity index (χ0) is 103. The molecule has 21 heteroatoms. The fraction of sp³-hybridized carbons (Fsp3) is 0.433. The number of aryl methyl sites for hydroxylation is 4. The average Bonchev–Trinajstić information content (AvgIpc) is 1.60. The number of fused-ring (bicyclic) bond motifs is 12. The summed E-state index contributed by atoms with van der Waals surface area (Å²) < 4.78 is 34.7. The van der Waals surface area contributed by atoms with Crippen LogP contribution in [-0.2, 0) is 19.1 Å². The molecule has 24 atom stereocenters. The number of ether oxygens (including phenoxy) is 3. The van der Waals surface area contributed by atoms with Crippen LogP contribution in [-0.4, -0.2) is 184 Å². The molecular formula is C127H144Cl3N9O9. The first-order valence-electron chi connectivity index (χ1n) is 54.3. The van der Waals surface area contributed by atoms with E-state index in [1.165, 1.54) is 114 Å². The van der Waals surface area contributed by atoms with Gasteiger partial charge in [0.25, 0.3) is 0 Å². The van der Waals surface area contributed by atoms with Crippen LogP contribution in [0.3, 0.4) is 0 Å². The van der Waals surface area contributed by atoms with Crippen LogP contribution in [0.25, 0.3) is 22.5 Å². The first-order chi connectivity index (χ1) is 71.8. The van der Waals surface area contributed by atoms with E-state index >= 15 is 0 Å². The molecule has 18 nitrogen and oxygen atoms in total. The van der Waals surface area contributed by atoms with Gasteiger partial charge in [-0.25, -0.2) is 0 Å². The van der Waals surface area contributed by atoms with Gasteiger partial charge in [-0.15, -0.1) is 0 Å². The molecular weight excluding hydrogens is 1900 g/mol. The molecule has 0 saturated carbocycles. The number of piperidine rings is 6. The Labute approximate surface area is 889 Å². The quantitative estimate of drug-likeness (QED) is 0.0621. The maximum absolute atomic E-state index is 13.1. The zero-order valence-corrected chi connectivity index (χ0v) is 89.9. The predicted octanol–water partition coefficient (Wildman–Crippen LogP) is 27.7. The van der Waals surface area contributed by atoms with Gasteiger partial charge in [0.05, 0.1) is 29.6 Å². The molecule has 0 N–H and O–H groups in total. The van der Waals surface area contributed by atoms with Crippen molar-refractivity contribution in [2.24, 2.45) is 17.8 Å². The van der Waals surface area contributed by atoms with Gasteiger partial charge in [0.2, 0.25) is 0 Å². The van der Waals surface area contributed by atoms with Crippen LogP contribution >= 0.6 is 34.8 Å². The Morgan fingerprint density at radius 2 is 0.534 bits per heavy atom. The Morgan fingerprint density at radius 1 is 0.291 bits per heavy atom. The Balaban J connectivity index is 0.000000108. The lowest BCUT2D eigenvalue weighted by Crippen LogP contribution is -2.49. The molecule has 12 bridgehead atoms. The van der Waals surface area contributed by atoms with Crippen molar-refractivity contribution in [3.05, 3.63) is 373 Å². The molecule has 12 fully saturated rings. The summed E-state index contributed by atoms with van der Waals surface area (Å²) in [7, 11) is 13.3. The molecule has 13 aromatic rings. The average molecular weight is 2050 g/mol. The number of hydrogen-bond acceptors (Lipinski definition) is 18. The Bertz CT molecular complexity index is 6270. The summed E-state index contributed by atoms with van der Waals surface area (Å²) in [4.78, 5) is 53.8. The highest BCUT2D eigenvalue weighted by Gasteiger charge is 2.56. The molecule has 0 amide bonds. The van der Waals surface area contributed by atoms with Crippen LogP contribution in [0.2, 0.25) is 15.1 Å². The second-order valence-corrected chi connectivity index (χ2v) is 46.0. The van der Waals surface area contributed by atoms with Crippen molar-refractivity contribution >= 4 is 52.7 Å². The molecule has 3 aromatic heterocycles. The highest BCUT2D eigenvalue weighted by Crippen LogP contribution is 2.57. The van der Waals surface area contributed by atoms with Crippen molar-refractivity contribution in [3.8, 4) is 34.0 Å². The summed E-state index contributed by atoms with van der Waals surface area (Å²) in [5, 5.41) is 15.2. The minimum absolute atomic E-state index is 0.0489. The molecule has 10 aromatic carbocycles. The smallest absolute Gasteiger partial charge is 0.316 e. The van der Waals surface area contributed by atoms with Crippen LogP contribution in [0.1, 0.15) is 256 Å². The van der Waals surface area contributed by atoms with E-state index < -0.39 is 0 Å². The van der Waals surface area contributed by atoms with Crippen molar-refractivity contribution in [3.63, 3.8) is 0 Å². The van der Waals surface area contributed by atoms with Gasteiger partial charge >= 0.3 is 17.9 Å². The lowest BCUT2D eigenvalue weighted by Gasteiger charge is -2.42. The lowest BCUT2D eigenvalue weighted by molar-refractivity contribution is -0.157. The number of para-hydroxylation sites is 2. The van der Waals surface area contributed by atoms with E-state index in [4.69, 9.17) is 62.6 Å². The topological polar surface area (TPSA) is 176 Å². The number of esters is 3. The minimum atomic E-state index is -0.148. The third-order valence-corrected chi connectivity index (χ3v) is 36.7. The van der Waals surface area contributed by atoms with Crippen molar-refractivity contribution in [2.75, 3.05) is 42.3 Å². The van der Waals surface area contributed by atoms with Crippen molar-refractivity contribution < 1.29 is 42.2 Å². The van der Waals surface area contributed by atoms with Crippen LogP contribution in [0.4, 0.5) is 0 Å². The highest BCUT2D eigenvalue weighted by atomic mass is 35.5. The third-order valence-electron chi connectivity index (χ3n) is 35.9. The third kappa shape index (κ3) is 22.8. The number of likely N-dealkylation sites (N-methyl/N-ethyl adjacent to an activating group) is 3. The van der Waals surface area contributed by atoms with E-state index in [2.05, 4.69) is 272 Å². The van der Waals surface area contributed by atoms with Gasteiger partial charge in [-0.3, -0.25) is 43.8 Å². The molecule has 772 valence electrons. The number of carbonyl (C=O) groups is 3. The standard InChI is InChI=1S/C24H26N2O.C23H23ClN2O.C22H25NO2.C21H22ClNO2.C19H24N2O.C18H24ClNO2/c1-16-8-10-17(11-9-16)20-14-19-12-13-22(26(19)2)24(20)23-15-21(25-27-23)18-6-4-3-5-7-18;1-26-18-11-12-21(26)23(19(13-18)15-7-9-17(24)10-8-15)22-14-20(25-27-22)16-5-3-2-4-6-16;1-15-8-10-16(11-9-15)19-14-17-12-13-20(23(17)2)21(19)22(24)25-18-6-4-3-5-7-18;1-23-16-11-12-19(23)20(21(24)25-17-5-3-2-4-6-17)18(13-16)14-7-9-15(22)10-8-14;1-12-4-6-14(7-5-12)16-11-15-8-9-17(21(15)3)19(16)18-10-13(2)20-22-18;1-11(2)22-18(21)17-15(12-4-6-13(19)7-5-12)10-14-8-9-16(17)20(14)3/h3-11,15,19-20,22,24H,12-14H2,1-2H3;2-10,14,18-19,21,23H,11-13H2,1H3;3-11,17,19-21H,12-14H2,1-2H3;2-10,16,18-20H,11-13H2,1H3;4-7,10,15-17,19H,8-9,11H2,1-3H3;4-7,11,14-17H,8-10H2,1-3H3/t19-,20-,22?,24?;18-,19-,21?,23?;17-,19-,20?,21?;16-,18-,19?,20?;15-,16-,17?,19?;14-,15-,16?,17?/m111111/s1. The molecule has 12 aliphatic heterocycles. The van der Waals surface area contributed by atoms with E-state index in [1.54, 1.807) is 0 Å². The van der Waals surface area contributed by atoms with Gasteiger partial charge < -0.3 is 27.8 Å². The number of nitrogens with zero attached hydrogens (tertiary/aromatic N) is 9. The van der Waals surface area contributed by atoms with Gasteiger partial charge in [-0.1, -0.05) is 273 Å². The summed E-state index contributed by atoms with van der Waals surface area (Å²) in [5.74, 6) is 7.02. The fourth-order valence-corrected chi connectivity index (χ4v) is 28.5. The largest absolute Gasteiger partial charge is 0.463 e. The Kier molecular flexibility index (Phi) is 32.6. The van der Waals surface area contributed by atoms with Crippen LogP contribution in [0.5, 0.6) is 11.5 Å². The molecule has 148 heavy (non-hydrogen) atoms. The van der Waals surface area contributed by atoms with Gasteiger partial charge in [0.15, 0.2) is 0 Å². The molecule has 15 heterocycles. The van der Waals surface area contributed by atoms with E-state index in [1.807, 2.05) is 142 Å². The molecule has 12 saturated heterocycles.